The van der Waals surface area contributed by atoms with E-state index in [1.54, 1.807) is 23.0 Å². The lowest BCUT2D eigenvalue weighted by Crippen LogP contribution is -2.44. The fourth-order valence-corrected chi connectivity index (χ4v) is 2.35. The van der Waals surface area contributed by atoms with Crippen molar-refractivity contribution in [3.05, 3.63) is 0 Å². The van der Waals surface area contributed by atoms with Crippen molar-refractivity contribution in [1.29, 1.82) is 0 Å². The lowest BCUT2D eigenvalue weighted by Gasteiger charge is -2.38. The third kappa shape index (κ3) is 4.37. The first kappa shape index (κ1) is 14.5. The fourth-order valence-electron chi connectivity index (χ4n) is 0.687. The number of carbonyl (C=O) groups is 1. The van der Waals surface area contributed by atoms with E-state index in [0.717, 1.165) is 6.29 Å². The number of carbonyl (C=O) groups excluding carboxylic acids is 1. The van der Waals surface area contributed by atoms with Gasteiger partial charge in [0.15, 0.2) is 14.6 Å². The Morgan fingerprint density at radius 1 is 1.43 bits per heavy atom. The van der Waals surface area contributed by atoms with Crippen LogP contribution in [0.2, 0.25) is 18.1 Å². The highest BCUT2D eigenvalue weighted by Gasteiger charge is 2.39. The molecule has 0 fully saturated rings. The molecule has 0 aromatic rings. The van der Waals surface area contributed by atoms with E-state index in [9.17, 15) is 4.79 Å². The summed E-state index contributed by atoms with van der Waals surface area (Å²) in [6.07, 6.45) is 0.736. The number of hydrogen-bond acceptors (Lipinski definition) is 3. The predicted molar refractivity (Wildman–Crippen MR) is 67.9 cm³/mol. The Kier molecular flexibility index (Phi) is 5.79. The second-order valence-corrected chi connectivity index (χ2v) is 10.1. The van der Waals surface area contributed by atoms with Crippen molar-refractivity contribution < 1.29 is 12.3 Å². The van der Waals surface area contributed by atoms with Crippen molar-refractivity contribution in [2.75, 3.05) is 0 Å². The molecule has 0 aliphatic heterocycles. The van der Waals surface area contributed by atoms with E-state index in [0.29, 0.717) is 6.42 Å². The van der Waals surface area contributed by atoms with E-state index in [4.69, 9.17) is 7.49 Å². The first-order valence-corrected chi connectivity index (χ1v) is 8.42. The summed E-state index contributed by atoms with van der Waals surface area (Å²) in [6.45, 7) is 10.8. The molecular weight excluding hydrogens is 311 g/mol. The molecule has 1 atom stereocenters. The van der Waals surface area contributed by atoms with Gasteiger partial charge in [0.25, 0.3) is 0 Å². The molecule has 0 spiro atoms. The first-order valence-electron chi connectivity index (χ1n) is 4.63. The standard InChI is InChI=1S/C9H19IO3Si/c1-9(2,3)14(4,5)13-8(12-10)6-7-11/h7-8H,6H2,1-5H3/t8-/m0/s1. The number of hydrogen-bond donors (Lipinski definition) is 0. The minimum Gasteiger partial charge on any atom is -0.391 e. The van der Waals surface area contributed by atoms with E-state index in [1.807, 2.05) is 0 Å². The van der Waals surface area contributed by atoms with Crippen molar-refractivity contribution in [3.8, 4) is 0 Å². The maximum atomic E-state index is 10.4. The molecule has 0 unspecified atom stereocenters. The summed E-state index contributed by atoms with van der Waals surface area (Å²) >= 11 is 1.78. The summed E-state index contributed by atoms with van der Waals surface area (Å²) in [5, 5.41) is 0.142. The smallest absolute Gasteiger partial charge is 0.195 e. The summed E-state index contributed by atoms with van der Waals surface area (Å²) < 4.78 is 10.9. The van der Waals surface area contributed by atoms with Crippen LogP contribution >= 0.6 is 23.0 Å². The molecule has 0 saturated carbocycles. The molecule has 0 aliphatic rings. The molecule has 0 aromatic carbocycles. The van der Waals surface area contributed by atoms with Crippen LogP contribution in [0, 0.1) is 0 Å². The zero-order valence-electron chi connectivity index (χ0n) is 9.46. The van der Waals surface area contributed by atoms with Gasteiger partial charge < -0.3 is 9.22 Å². The Bertz CT molecular complexity index is 189. The highest BCUT2D eigenvalue weighted by atomic mass is 127. The zero-order chi connectivity index (χ0) is 11.4. The highest BCUT2D eigenvalue weighted by molar-refractivity contribution is 14.1. The molecular formula is C9H19IO3Si. The molecule has 84 valence electrons. The summed E-state index contributed by atoms with van der Waals surface area (Å²) in [5.74, 6) is 0. The number of aldehydes is 1. The fraction of sp³-hybridized carbons (Fsp3) is 0.889. The van der Waals surface area contributed by atoms with Gasteiger partial charge in [-0.2, -0.15) is 0 Å². The van der Waals surface area contributed by atoms with E-state index in [-0.39, 0.29) is 5.04 Å². The molecule has 0 aliphatic carbocycles. The van der Waals surface area contributed by atoms with Gasteiger partial charge in [0, 0.05) is 0 Å². The first-order chi connectivity index (χ1) is 6.24. The van der Waals surface area contributed by atoms with Crippen LogP contribution in [-0.4, -0.2) is 20.9 Å². The molecule has 3 nitrogen and oxygen atoms in total. The Balaban J connectivity index is 4.39. The third-order valence-corrected chi connectivity index (χ3v) is 7.65. The van der Waals surface area contributed by atoms with Crippen LogP contribution in [0.4, 0.5) is 0 Å². The molecule has 0 saturated heterocycles. The van der Waals surface area contributed by atoms with Gasteiger partial charge in [-0.3, -0.25) is 3.07 Å². The topological polar surface area (TPSA) is 35.5 Å². The Hall–Kier alpha value is 0.537. The Labute approximate surface area is 101 Å². The minimum atomic E-state index is -1.81. The number of halogens is 1. The minimum absolute atomic E-state index is 0.142. The van der Waals surface area contributed by atoms with Gasteiger partial charge in [-0.15, -0.1) is 0 Å². The van der Waals surface area contributed by atoms with Gasteiger partial charge in [0.05, 0.1) is 6.42 Å². The third-order valence-electron chi connectivity index (χ3n) is 2.62. The summed E-state index contributed by atoms with van der Waals surface area (Å²) in [7, 11) is -1.81. The second-order valence-electron chi connectivity index (χ2n) is 4.80. The van der Waals surface area contributed by atoms with Gasteiger partial charge >= 0.3 is 0 Å². The van der Waals surface area contributed by atoms with Gasteiger partial charge in [-0.1, -0.05) is 20.8 Å². The van der Waals surface area contributed by atoms with E-state index in [2.05, 4.69) is 33.9 Å². The van der Waals surface area contributed by atoms with E-state index < -0.39 is 14.6 Å². The molecule has 0 amide bonds. The van der Waals surface area contributed by atoms with Crippen molar-refractivity contribution >= 4 is 37.6 Å². The van der Waals surface area contributed by atoms with Crippen LogP contribution in [0.15, 0.2) is 0 Å². The molecule has 0 radical (unpaired) electrons. The van der Waals surface area contributed by atoms with Crippen molar-refractivity contribution in [1.82, 2.24) is 0 Å². The zero-order valence-corrected chi connectivity index (χ0v) is 12.6. The van der Waals surface area contributed by atoms with Gasteiger partial charge in [-0.25, -0.2) is 0 Å². The molecule has 0 N–H and O–H groups in total. The van der Waals surface area contributed by atoms with Crippen molar-refractivity contribution in [2.45, 2.75) is 51.6 Å². The van der Waals surface area contributed by atoms with Crippen LogP contribution < -0.4 is 0 Å². The van der Waals surface area contributed by atoms with Gasteiger partial charge in [0.2, 0.25) is 0 Å². The molecule has 0 heterocycles. The largest absolute Gasteiger partial charge is 0.391 e. The van der Waals surface area contributed by atoms with E-state index in [1.165, 1.54) is 0 Å². The van der Waals surface area contributed by atoms with Gasteiger partial charge in [0.1, 0.15) is 29.3 Å². The second kappa shape index (κ2) is 5.57. The SMILES string of the molecule is CC(C)(C)[Si](C)(C)O[C@@H](CC=O)OI. The molecule has 0 aromatic heterocycles. The maximum Gasteiger partial charge on any atom is 0.195 e. The number of rotatable bonds is 5. The summed E-state index contributed by atoms with van der Waals surface area (Å²) in [4.78, 5) is 10.4. The molecule has 0 rings (SSSR count). The highest BCUT2D eigenvalue weighted by Crippen LogP contribution is 2.37. The normalized spacial score (nSPS) is 15.3. The quantitative estimate of drug-likeness (QED) is 0.336. The van der Waals surface area contributed by atoms with Crippen LogP contribution in [-0.2, 0) is 12.3 Å². The van der Waals surface area contributed by atoms with Crippen LogP contribution in [0.5, 0.6) is 0 Å². The average Bonchev–Trinajstić information content (AvgIpc) is 2.01. The van der Waals surface area contributed by atoms with Crippen LogP contribution in [0.25, 0.3) is 0 Å². The molecule has 0 bridgehead atoms. The predicted octanol–water partition coefficient (Wildman–Crippen LogP) is 3.29. The summed E-state index contributed by atoms with van der Waals surface area (Å²) in [6, 6.07) is 0. The van der Waals surface area contributed by atoms with Crippen molar-refractivity contribution in [3.63, 3.8) is 0 Å². The maximum absolute atomic E-state index is 10.4. The van der Waals surface area contributed by atoms with Crippen molar-refractivity contribution in [2.24, 2.45) is 0 Å². The van der Waals surface area contributed by atoms with E-state index >= 15 is 0 Å². The summed E-state index contributed by atoms with van der Waals surface area (Å²) in [5.41, 5.74) is 0. The average molecular weight is 330 g/mol. The lowest BCUT2D eigenvalue weighted by atomic mass is 10.2. The lowest BCUT2D eigenvalue weighted by molar-refractivity contribution is -0.111. The van der Waals surface area contributed by atoms with Crippen LogP contribution in [0.1, 0.15) is 27.2 Å². The Morgan fingerprint density at radius 2 is 1.93 bits per heavy atom. The van der Waals surface area contributed by atoms with Crippen LogP contribution in [0.3, 0.4) is 0 Å². The molecule has 5 heteroatoms. The Morgan fingerprint density at radius 3 is 2.21 bits per heavy atom. The monoisotopic (exact) mass is 330 g/mol. The molecule has 14 heavy (non-hydrogen) atoms. The van der Waals surface area contributed by atoms with Gasteiger partial charge in [-0.05, 0) is 18.1 Å².